The fourth-order valence-corrected chi connectivity index (χ4v) is 1.54. The molecular weight excluding hydrogens is 226 g/mol. The number of hydrogen-bond acceptors (Lipinski definition) is 1. The van der Waals surface area contributed by atoms with Gasteiger partial charge in [-0.3, -0.25) is 0 Å². The lowest BCUT2D eigenvalue weighted by Gasteiger charge is -2.04. The summed E-state index contributed by atoms with van der Waals surface area (Å²) in [5.41, 5.74) is 0.642. The fourth-order valence-electron chi connectivity index (χ4n) is 1.54. The van der Waals surface area contributed by atoms with Crippen molar-refractivity contribution >= 4 is 5.97 Å². The molecule has 2 nitrogen and oxygen atoms in total. The first-order chi connectivity index (χ1) is 8.08. The highest BCUT2D eigenvalue weighted by molar-refractivity contribution is 5.89. The van der Waals surface area contributed by atoms with E-state index in [1.165, 1.54) is 24.3 Å². The van der Waals surface area contributed by atoms with Gasteiger partial charge < -0.3 is 5.11 Å². The number of carbonyl (C=O) groups is 1. The molecule has 17 heavy (non-hydrogen) atoms. The zero-order chi connectivity index (χ0) is 12.4. The standard InChI is InChI=1S/C13H8F2O2/c14-10-4-5-11(12(15)7-10)8-2-1-3-9(6-8)13(16)17/h1-7H,(H,16,17). The molecule has 2 aromatic rings. The van der Waals surface area contributed by atoms with Crippen molar-refractivity contribution in [1.82, 2.24) is 0 Å². The Hall–Kier alpha value is -2.23. The third-order valence-electron chi connectivity index (χ3n) is 2.35. The Kier molecular flexibility index (Phi) is 2.87. The molecule has 1 N–H and O–H groups in total. The molecule has 0 saturated carbocycles. The van der Waals surface area contributed by atoms with Crippen LogP contribution in [0.4, 0.5) is 8.78 Å². The van der Waals surface area contributed by atoms with E-state index in [-0.39, 0.29) is 11.1 Å². The second-order valence-electron chi connectivity index (χ2n) is 3.51. The van der Waals surface area contributed by atoms with Crippen LogP contribution in [0.25, 0.3) is 11.1 Å². The van der Waals surface area contributed by atoms with E-state index in [0.29, 0.717) is 5.56 Å². The molecule has 0 aromatic heterocycles. The average molecular weight is 234 g/mol. The summed E-state index contributed by atoms with van der Waals surface area (Å²) in [5, 5.41) is 8.82. The van der Waals surface area contributed by atoms with Crippen LogP contribution in [0.3, 0.4) is 0 Å². The Labute approximate surface area is 96.1 Å². The second kappa shape index (κ2) is 4.33. The number of benzene rings is 2. The molecule has 0 spiro atoms. The van der Waals surface area contributed by atoms with Crippen molar-refractivity contribution in [3.05, 3.63) is 59.7 Å². The quantitative estimate of drug-likeness (QED) is 0.865. The summed E-state index contributed by atoms with van der Waals surface area (Å²) in [4.78, 5) is 10.8. The Morgan fingerprint density at radius 1 is 1.06 bits per heavy atom. The minimum Gasteiger partial charge on any atom is -0.478 e. The molecule has 0 unspecified atom stereocenters. The van der Waals surface area contributed by atoms with E-state index in [9.17, 15) is 13.6 Å². The van der Waals surface area contributed by atoms with Gasteiger partial charge in [-0.1, -0.05) is 12.1 Å². The average Bonchev–Trinajstić information content (AvgIpc) is 2.29. The predicted octanol–water partition coefficient (Wildman–Crippen LogP) is 3.33. The number of rotatable bonds is 2. The molecule has 2 aromatic carbocycles. The van der Waals surface area contributed by atoms with Crippen molar-refractivity contribution in [1.29, 1.82) is 0 Å². The summed E-state index contributed by atoms with van der Waals surface area (Å²) < 4.78 is 26.2. The maximum atomic E-state index is 13.5. The van der Waals surface area contributed by atoms with E-state index in [2.05, 4.69) is 0 Å². The molecule has 0 radical (unpaired) electrons. The number of halogens is 2. The monoisotopic (exact) mass is 234 g/mol. The van der Waals surface area contributed by atoms with Crippen molar-refractivity contribution in [2.75, 3.05) is 0 Å². The van der Waals surface area contributed by atoms with Crippen LogP contribution < -0.4 is 0 Å². The molecule has 0 aliphatic rings. The van der Waals surface area contributed by atoms with Gasteiger partial charge in [0.1, 0.15) is 11.6 Å². The molecule has 0 heterocycles. The van der Waals surface area contributed by atoms with Gasteiger partial charge >= 0.3 is 5.97 Å². The summed E-state index contributed by atoms with van der Waals surface area (Å²) in [5.74, 6) is -2.47. The number of hydrogen-bond donors (Lipinski definition) is 1. The van der Waals surface area contributed by atoms with Crippen molar-refractivity contribution in [2.24, 2.45) is 0 Å². The molecule has 86 valence electrons. The molecule has 0 amide bonds. The number of carboxylic acid groups (broad SMARTS) is 1. The zero-order valence-electron chi connectivity index (χ0n) is 8.65. The van der Waals surface area contributed by atoms with Gasteiger partial charge in [0.15, 0.2) is 0 Å². The lowest BCUT2D eigenvalue weighted by atomic mass is 10.0. The Morgan fingerprint density at radius 3 is 2.47 bits per heavy atom. The van der Waals surface area contributed by atoms with E-state index in [1.807, 2.05) is 0 Å². The maximum Gasteiger partial charge on any atom is 0.335 e. The molecule has 0 fully saturated rings. The van der Waals surface area contributed by atoms with Crippen LogP contribution in [-0.2, 0) is 0 Å². The van der Waals surface area contributed by atoms with Crippen LogP contribution in [0.5, 0.6) is 0 Å². The van der Waals surface area contributed by atoms with Crippen LogP contribution in [0.1, 0.15) is 10.4 Å². The van der Waals surface area contributed by atoms with Crippen molar-refractivity contribution in [3.8, 4) is 11.1 Å². The van der Waals surface area contributed by atoms with Gasteiger partial charge in [-0.15, -0.1) is 0 Å². The lowest BCUT2D eigenvalue weighted by Crippen LogP contribution is -1.96. The van der Waals surface area contributed by atoms with Crippen LogP contribution in [0, 0.1) is 11.6 Å². The second-order valence-corrected chi connectivity index (χ2v) is 3.51. The number of carboxylic acids is 1. The van der Waals surface area contributed by atoms with E-state index in [0.717, 1.165) is 12.1 Å². The zero-order valence-corrected chi connectivity index (χ0v) is 8.65. The molecule has 0 atom stereocenters. The van der Waals surface area contributed by atoms with Crippen LogP contribution >= 0.6 is 0 Å². The van der Waals surface area contributed by atoms with Gasteiger partial charge in [0.2, 0.25) is 0 Å². The third kappa shape index (κ3) is 2.30. The molecule has 2 rings (SSSR count). The summed E-state index contributed by atoms with van der Waals surface area (Å²) in [6, 6.07) is 9.02. The molecule has 0 aliphatic heterocycles. The largest absolute Gasteiger partial charge is 0.478 e. The van der Waals surface area contributed by atoms with Crippen molar-refractivity contribution < 1.29 is 18.7 Å². The van der Waals surface area contributed by atoms with Crippen molar-refractivity contribution in [2.45, 2.75) is 0 Å². The first kappa shape index (κ1) is 11.3. The molecule has 0 saturated heterocycles. The summed E-state index contributed by atoms with van der Waals surface area (Å²) >= 11 is 0. The third-order valence-corrected chi connectivity index (χ3v) is 2.35. The minimum absolute atomic E-state index is 0.0613. The van der Waals surface area contributed by atoms with Crippen LogP contribution in [-0.4, -0.2) is 11.1 Å². The van der Waals surface area contributed by atoms with Gasteiger partial charge in [-0.2, -0.15) is 0 Å². The van der Waals surface area contributed by atoms with Crippen LogP contribution in [0.15, 0.2) is 42.5 Å². The topological polar surface area (TPSA) is 37.3 Å². The van der Waals surface area contributed by atoms with E-state index in [1.54, 1.807) is 6.07 Å². The van der Waals surface area contributed by atoms with E-state index in [4.69, 9.17) is 5.11 Å². The summed E-state index contributed by atoms with van der Waals surface area (Å²) in [7, 11) is 0. The maximum absolute atomic E-state index is 13.5. The van der Waals surface area contributed by atoms with Gasteiger partial charge in [-0.05, 0) is 29.8 Å². The van der Waals surface area contributed by atoms with Gasteiger partial charge in [0.25, 0.3) is 0 Å². The highest BCUT2D eigenvalue weighted by Gasteiger charge is 2.09. The van der Waals surface area contributed by atoms with Crippen molar-refractivity contribution in [3.63, 3.8) is 0 Å². The Balaban J connectivity index is 2.53. The lowest BCUT2D eigenvalue weighted by molar-refractivity contribution is 0.0697. The highest BCUT2D eigenvalue weighted by atomic mass is 19.1. The van der Waals surface area contributed by atoms with E-state index >= 15 is 0 Å². The summed E-state index contributed by atoms with van der Waals surface area (Å²) in [6.07, 6.45) is 0. The molecular formula is C13H8F2O2. The number of aromatic carboxylic acids is 1. The van der Waals surface area contributed by atoms with Crippen LogP contribution in [0.2, 0.25) is 0 Å². The Bertz CT molecular complexity index is 579. The van der Waals surface area contributed by atoms with Gasteiger partial charge in [-0.25, -0.2) is 13.6 Å². The van der Waals surface area contributed by atoms with E-state index < -0.39 is 17.6 Å². The van der Waals surface area contributed by atoms with Gasteiger partial charge in [0.05, 0.1) is 5.56 Å². The normalized spacial score (nSPS) is 10.2. The first-order valence-electron chi connectivity index (χ1n) is 4.87. The Morgan fingerprint density at radius 2 is 1.82 bits per heavy atom. The highest BCUT2D eigenvalue weighted by Crippen LogP contribution is 2.24. The minimum atomic E-state index is -1.09. The SMILES string of the molecule is O=C(O)c1cccc(-c2ccc(F)cc2F)c1. The molecule has 4 heteroatoms. The summed E-state index contributed by atoms with van der Waals surface area (Å²) in [6.45, 7) is 0. The molecule has 0 aliphatic carbocycles. The smallest absolute Gasteiger partial charge is 0.335 e. The van der Waals surface area contributed by atoms with Gasteiger partial charge in [0, 0.05) is 11.6 Å². The fraction of sp³-hybridized carbons (Fsp3) is 0. The predicted molar refractivity (Wildman–Crippen MR) is 58.8 cm³/mol. The molecule has 0 bridgehead atoms. The first-order valence-corrected chi connectivity index (χ1v) is 4.87.